The Labute approximate surface area is 153 Å². The van der Waals surface area contributed by atoms with Crippen LogP contribution < -0.4 is 16.0 Å². The second kappa shape index (κ2) is 7.20. The molecule has 0 spiro atoms. The van der Waals surface area contributed by atoms with Crippen LogP contribution in [-0.2, 0) is 11.2 Å². The maximum absolute atomic E-state index is 12.3. The van der Waals surface area contributed by atoms with Gasteiger partial charge in [0.1, 0.15) is 0 Å². The van der Waals surface area contributed by atoms with Crippen molar-refractivity contribution in [2.24, 2.45) is 0 Å². The first-order chi connectivity index (χ1) is 12.7. The van der Waals surface area contributed by atoms with E-state index in [0.29, 0.717) is 18.0 Å². The third-order valence-electron chi connectivity index (χ3n) is 5.30. The van der Waals surface area contributed by atoms with Crippen LogP contribution in [0.3, 0.4) is 0 Å². The van der Waals surface area contributed by atoms with Crippen molar-refractivity contribution < 1.29 is 9.59 Å². The zero-order valence-corrected chi connectivity index (χ0v) is 14.6. The molecule has 2 aromatic rings. The van der Waals surface area contributed by atoms with Crippen LogP contribution in [0.2, 0.25) is 0 Å². The molecule has 1 heterocycles. The van der Waals surface area contributed by atoms with Gasteiger partial charge in [-0.3, -0.25) is 4.79 Å². The van der Waals surface area contributed by atoms with Gasteiger partial charge in [0.15, 0.2) is 0 Å². The van der Waals surface area contributed by atoms with Crippen molar-refractivity contribution in [3.8, 4) is 0 Å². The minimum atomic E-state index is -0.189. The van der Waals surface area contributed by atoms with Gasteiger partial charge in [0.2, 0.25) is 5.91 Å². The summed E-state index contributed by atoms with van der Waals surface area (Å²) in [6.45, 7) is 0. The fourth-order valence-corrected chi connectivity index (χ4v) is 3.94. The molecule has 1 saturated carbocycles. The molecule has 5 heteroatoms. The van der Waals surface area contributed by atoms with Crippen molar-refractivity contribution in [1.29, 1.82) is 0 Å². The number of urea groups is 1. The molecule has 0 unspecified atom stereocenters. The fraction of sp³-hybridized carbons (Fsp3) is 0.333. The third kappa shape index (κ3) is 3.72. The Morgan fingerprint density at radius 3 is 2.73 bits per heavy atom. The van der Waals surface area contributed by atoms with Gasteiger partial charge in [-0.25, -0.2) is 4.79 Å². The molecule has 0 radical (unpaired) electrons. The Morgan fingerprint density at radius 2 is 1.88 bits per heavy atom. The normalized spacial score (nSPS) is 21.6. The van der Waals surface area contributed by atoms with Crippen LogP contribution in [0.4, 0.5) is 16.2 Å². The summed E-state index contributed by atoms with van der Waals surface area (Å²) in [4.78, 5) is 23.9. The Bertz CT molecular complexity index is 819. The van der Waals surface area contributed by atoms with E-state index in [-0.39, 0.29) is 18.0 Å². The maximum atomic E-state index is 12.3. The molecule has 1 fully saturated rings. The predicted octanol–water partition coefficient (Wildman–Crippen LogP) is 4.03. The molecule has 0 bridgehead atoms. The number of fused-ring (bicyclic) bond motifs is 1. The molecular formula is C21H23N3O2. The van der Waals surface area contributed by atoms with Crippen LogP contribution in [0, 0.1) is 0 Å². The monoisotopic (exact) mass is 349 g/mol. The highest BCUT2D eigenvalue weighted by molar-refractivity contribution is 5.96. The Morgan fingerprint density at radius 1 is 1.04 bits per heavy atom. The van der Waals surface area contributed by atoms with E-state index in [9.17, 15) is 9.59 Å². The number of amides is 3. The van der Waals surface area contributed by atoms with Crippen LogP contribution in [0.15, 0.2) is 48.5 Å². The first-order valence-corrected chi connectivity index (χ1v) is 9.22. The number of carbonyl (C=O) groups excluding carboxylic acids is 2. The van der Waals surface area contributed by atoms with Crippen molar-refractivity contribution in [2.45, 2.75) is 44.1 Å². The lowest BCUT2D eigenvalue weighted by atomic mass is 9.98. The molecule has 26 heavy (non-hydrogen) atoms. The van der Waals surface area contributed by atoms with Crippen LogP contribution in [0.25, 0.3) is 0 Å². The summed E-state index contributed by atoms with van der Waals surface area (Å²) in [6.07, 6.45) is 4.33. The summed E-state index contributed by atoms with van der Waals surface area (Å²) in [6, 6.07) is 16.2. The van der Waals surface area contributed by atoms with Crippen LogP contribution in [0.1, 0.15) is 42.7 Å². The van der Waals surface area contributed by atoms with E-state index in [1.807, 2.05) is 24.3 Å². The Hall–Kier alpha value is -2.82. The van der Waals surface area contributed by atoms with Gasteiger partial charge in [0.25, 0.3) is 0 Å². The molecule has 0 aromatic heterocycles. The van der Waals surface area contributed by atoms with E-state index < -0.39 is 0 Å². The van der Waals surface area contributed by atoms with Crippen LogP contribution >= 0.6 is 0 Å². The molecular weight excluding hydrogens is 326 g/mol. The summed E-state index contributed by atoms with van der Waals surface area (Å²) >= 11 is 0. The zero-order valence-electron chi connectivity index (χ0n) is 14.6. The average Bonchev–Trinajstić information content (AvgIpc) is 3.10. The molecule has 0 saturated heterocycles. The Balaban J connectivity index is 1.33. The van der Waals surface area contributed by atoms with Crippen molar-refractivity contribution in [3.63, 3.8) is 0 Å². The second-order valence-corrected chi connectivity index (χ2v) is 7.14. The fourth-order valence-electron chi connectivity index (χ4n) is 3.94. The molecule has 3 N–H and O–H groups in total. The van der Waals surface area contributed by atoms with Crippen molar-refractivity contribution in [2.75, 3.05) is 10.6 Å². The van der Waals surface area contributed by atoms with Crippen LogP contribution in [-0.4, -0.2) is 18.0 Å². The van der Waals surface area contributed by atoms with E-state index in [1.165, 1.54) is 5.56 Å². The van der Waals surface area contributed by atoms with E-state index in [4.69, 9.17) is 0 Å². The van der Waals surface area contributed by atoms with E-state index in [2.05, 4.69) is 40.2 Å². The summed E-state index contributed by atoms with van der Waals surface area (Å²) in [5.41, 5.74) is 3.95. The summed E-state index contributed by atoms with van der Waals surface area (Å²) in [5.74, 6) is 0.539. The largest absolute Gasteiger partial charge is 0.335 e. The highest BCUT2D eigenvalue weighted by atomic mass is 16.2. The predicted molar refractivity (Wildman–Crippen MR) is 102 cm³/mol. The smallest absolute Gasteiger partial charge is 0.319 e. The number of carbonyl (C=O) groups is 2. The lowest BCUT2D eigenvalue weighted by Gasteiger charge is -2.18. The number of aryl methyl sites for hydroxylation is 1. The second-order valence-electron chi connectivity index (χ2n) is 7.14. The summed E-state index contributed by atoms with van der Waals surface area (Å²) < 4.78 is 0. The first kappa shape index (κ1) is 16.6. The quantitative estimate of drug-likeness (QED) is 0.783. The highest BCUT2D eigenvalue weighted by Crippen LogP contribution is 2.34. The zero-order chi connectivity index (χ0) is 17.9. The number of rotatable bonds is 3. The van der Waals surface area contributed by atoms with E-state index in [0.717, 1.165) is 36.9 Å². The van der Waals surface area contributed by atoms with Crippen LogP contribution in [0.5, 0.6) is 0 Å². The van der Waals surface area contributed by atoms with Crippen molar-refractivity contribution in [3.05, 3.63) is 59.7 Å². The third-order valence-corrected chi connectivity index (χ3v) is 5.30. The SMILES string of the molecule is O=C1CCc2ccc(NC(=O)N[C@H]3CC[C@H](c4ccccc4)C3)cc2N1. The van der Waals surface area contributed by atoms with Gasteiger partial charge < -0.3 is 16.0 Å². The summed E-state index contributed by atoms with van der Waals surface area (Å²) in [5, 5.41) is 8.83. The van der Waals surface area contributed by atoms with Gasteiger partial charge in [-0.05, 0) is 54.9 Å². The standard InChI is InChI=1S/C21H23N3O2/c25-20-11-8-15-6-9-18(13-19(15)24-20)23-21(26)22-17-10-7-16(12-17)14-4-2-1-3-5-14/h1-6,9,13,16-17H,7-8,10-12H2,(H,24,25)(H2,22,23,26)/t16-,17-/m0/s1. The molecule has 3 amide bonds. The minimum absolute atomic E-state index is 0.0250. The molecule has 1 aliphatic heterocycles. The number of nitrogens with one attached hydrogen (secondary N) is 3. The Kier molecular flexibility index (Phi) is 4.61. The summed E-state index contributed by atoms with van der Waals surface area (Å²) in [7, 11) is 0. The number of hydrogen-bond donors (Lipinski definition) is 3. The minimum Gasteiger partial charge on any atom is -0.335 e. The van der Waals surface area contributed by atoms with E-state index in [1.54, 1.807) is 0 Å². The average molecular weight is 349 g/mol. The highest BCUT2D eigenvalue weighted by Gasteiger charge is 2.27. The molecule has 134 valence electrons. The molecule has 2 atom stereocenters. The number of benzene rings is 2. The lowest BCUT2D eigenvalue weighted by molar-refractivity contribution is -0.116. The molecule has 1 aliphatic carbocycles. The van der Waals surface area contributed by atoms with Crippen molar-refractivity contribution >= 4 is 23.3 Å². The molecule has 5 nitrogen and oxygen atoms in total. The van der Waals surface area contributed by atoms with Gasteiger partial charge in [-0.2, -0.15) is 0 Å². The van der Waals surface area contributed by atoms with Gasteiger partial charge >= 0.3 is 6.03 Å². The maximum Gasteiger partial charge on any atom is 0.319 e. The van der Waals surface area contributed by atoms with Gasteiger partial charge in [-0.1, -0.05) is 36.4 Å². The number of anilines is 2. The molecule has 4 rings (SSSR count). The lowest BCUT2D eigenvalue weighted by Crippen LogP contribution is -2.36. The number of hydrogen-bond acceptors (Lipinski definition) is 2. The van der Waals surface area contributed by atoms with Gasteiger partial charge in [0, 0.05) is 23.8 Å². The van der Waals surface area contributed by atoms with Gasteiger partial charge in [0.05, 0.1) is 0 Å². The molecule has 2 aromatic carbocycles. The van der Waals surface area contributed by atoms with E-state index >= 15 is 0 Å². The first-order valence-electron chi connectivity index (χ1n) is 9.22. The molecule has 2 aliphatic rings. The van der Waals surface area contributed by atoms with Crippen molar-refractivity contribution in [1.82, 2.24) is 5.32 Å². The topological polar surface area (TPSA) is 70.2 Å². The van der Waals surface area contributed by atoms with Gasteiger partial charge in [-0.15, -0.1) is 0 Å².